The van der Waals surface area contributed by atoms with E-state index in [2.05, 4.69) is 0 Å². The van der Waals surface area contributed by atoms with E-state index in [1.54, 1.807) is 0 Å². The second-order valence-electron chi connectivity index (χ2n) is 2.43. The van der Waals surface area contributed by atoms with Crippen LogP contribution in [0, 0.1) is 0 Å². The van der Waals surface area contributed by atoms with E-state index in [0.717, 1.165) is 6.07 Å². The van der Waals surface area contributed by atoms with Crippen LogP contribution in [0.2, 0.25) is 0 Å². The van der Waals surface area contributed by atoms with Crippen LogP contribution in [0.15, 0.2) is 23.1 Å². The summed E-state index contributed by atoms with van der Waals surface area (Å²) in [6, 6.07) is 1.80. The lowest BCUT2D eigenvalue weighted by Crippen LogP contribution is -2.05. The third-order valence-corrected chi connectivity index (χ3v) is 2.18. The SMILES string of the molecule is O=S(O)c1cc(C(F)(F)F)ccc1O. The highest BCUT2D eigenvalue weighted by atomic mass is 32.2. The van der Waals surface area contributed by atoms with Gasteiger partial charge in [-0.15, -0.1) is 0 Å². The minimum atomic E-state index is -4.60. The number of benzene rings is 1. The van der Waals surface area contributed by atoms with E-state index in [9.17, 15) is 17.4 Å². The number of hydrogen-bond acceptors (Lipinski definition) is 2. The van der Waals surface area contributed by atoms with Crippen LogP contribution in [-0.4, -0.2) is 13.9 Å². The fourth-order valence-electron chi connectivity index (χ4n) is 0.830. The molecule has 1 aromatic carbocycles. The van der Waals surface area contributed by atoms with Gasteiger partial charge < -0.3 is 9.66 Å². The molecule has 0 radical (unpaired) electrons. The average molecular weight is 226 g/mol. The summed E-state index contributed by atoms with van der Waals surface area (Å²) in [7, 11) is 0. The third kappa shape index (κ3) is 2.24. The first-order chi connectivity index (χ1) is 6.32. The average Bonchev–Trinajstić information content (AvgIpc) is 2.02. The van der Waals surface area contributed by atoms with Crippen molar-refractivity contribution < 1.29 is 27.0 Å². The number of alkyl halides is 3. The molecule has 0 spiro atoms. The Balaban J connectivity index is 3.27. The molecule has 0 saturated carbocycles. The van der Waals surface area contributed by atoms with Crippen molar-refractivity contribution in [1.82, 2.24) is 0 Å². The summed E-state index contributed by atoms with van der Waals surface area (Å²) in [5, 5.41) is 8.95. The lowest BCUT2D eigenvalue weighted by atomic mass is 10.2. The Bertz CT molecular complexity index is 375. The van der Waals surface area contributed by atoms with Gasteiger partial charge in [0, 0.05) is 0 Å². The summed E-state index contributed by atoms with van der Waals surface area (Å²) >= 11 is -2.64. The zero-order chi connectivity index (χ0) is 10.9. The zero-order valence-corrected chi connectivity index (χ0v) is 7.39. The second-order valence-corrected chi connectivity index (χ2v) is 3.37. The van der Waals surface area contributed by atoms with Crippen LogP contribution < -0.4 is 0 Å². The molecule has 0 saturated heterocycles. The minimum absolute atomic E-state index is 0.436. The van der Waals surface area contributed by atoms with E-state index in [1.807, 2.05) is 0 Å². The number of halogens is 3. The molecule has 1 aromatic rings. The maximum absolute atomic E-state index is 12.1. The smallest absolute Gasteiger partial charge is 0.416 e. The quantitative estimate of drug-likeness (QED) is 0.720. The number of rotatable bonds is 1. The van der Waals surface area contributed by atoms with Gasteiger partial charge in [0.1, 0.15) is 10.6 Å². The van der Waals surface area contributed by atoms with Gasteiger partial charge in [0.2, 0.25) is 0 Å². The Kier molecular flexibility index (Phi) is 2.81. The molecule has 78 valence electrons. The molecule has 1 unspecified atom stereocenters. The summed E-state index contributed by atoms with van der Waals surface area (Å²) in [5.41, 5.74) is -1.08. The monoisotopic (exact) mass is 226 g/mol. The predicted molar refractivity (Wildman–Crippen MR) is 42.1 cm³/mol. The maximum Gasteiger partial charge on any atom is 0.416 e. The summed E-state index contributed by atoms with van der Waals surface area (Å²) in [5.74, 6) is -0.640. The molecule has 0 heterocycles. The van der Waals surface area contributed by atoms with Crippen LogP contribution in [0.1, 0.15) is 5.56 Å². The summed E-state index contributed by atoms with van der Waals surface area (Å²) < 4.78 is 55.3. The van der Waals surface area contributed by atoms with Crippen molar-refractivity contribution in [2.75, 3.05) is 0 Å². The number of phenols is 1. The van der Waals surface area contributed by atoms with Crippen molar-refractivity contribution in [3.05, 3.63) is 23.8 Å². The molecule has 0 bridgehead atoms. The second kappa shape index (κ2) is 3.58. The Morgan fingerprint density at radius 3 is 2.29 bits per heavy atom. The molecule has 14 heavy (non-hydrogen) atoms. The summed E-state index contributed by atoms with van der Waals surface area (Å²) in [4.78, 5) is -0.653. The van der Waals surface area contributed by atoms with Crippen LogP contribution in [0.4, 0.5) is 13.2 Å². The van der Waals surface area contributed by atoms with Gasteiger partial charge in [0.25, 0.3) is 0 Å². The highest BCUT2D eigenvalue weighted by molar-refractivity contribution is 7.79. The van der Waals surface area contributed by atoms with E-state index < -0.39 is 33.5 Å². The molecule has 3 nitrogen and oxygen atoms in total. The van der Waals surface area contributed by atoms with E-state index >= 15 is 0 Å². The van der Waals surface area contributed by atoms with Gasteiger partial charge in [-0.2, -0.15) is 13.2 Å². The lowest BCUT2D eigenvalue weighted by molar-refractivity contribution is -0.137. The highest BCUT2D eigenvalue weighted by Gasteiger charge is 2.31. The molecule has 0 amide bonds. The topological polar surface area (TPSA) is 57.5 Å². The third-order valence-electron chi connectivity index (χ3n) is 1.48. The van der Waals surface area contributed by atoms with Gasteiger partial charge in [-0.05, 0) is 18.2 Å². The summed E-state index contributed by atoms with van der Waals surface area (Å²) in [6.07, 6.45) is -4.60. The van der Waals surface area contributed by atoms with Gasteiger partial charge in [-0.1, -0.05) is 0 Å². The van der Waals surface area contributed by atoms with Gasteiger partial charge in [0.15, 0.2) is 11.1 Å². The van der Waals surface area contributed by atoms with E-state index in [1.165, 1.54) is 0 Å². The van der Waals surface area contributed by atoms with Crippen molar-refractivity contribution >= 4 is 11.1 Å². The first-order valence-corrected chi connectivity index (χ1v) is 4.44. The van der Waals surface area contributed by atoms with Gasteiger partial charge in [-0.25, -0.2) is 4.21 Å². The fraction of sp³-hybridized carbons (Fsp3) is 0.143. The van der Waals surface area contributed by atoms with Crippen LogP contribution in [-0.2, 0) is 17.3 Å². The molecular formula is C7H5F3O3S. The maximum atomic E-state index is 12.1. The van der Waals surface area contributed by atoms with Crippen LogP contribution in [0.3, 0.4) is 0 Å². The molecule has 2 N–H and O–H groups in total. The normalized spacial score (nSPS) is 14.0. The summed E-state index contributed by atoms with van der Waals surface area (Å²) in [6.45, 7) is 0. The Labute approximate surface area is 79.5 Å². The molecule has 1 atom stereocenters. The van der Waals surface area contributed by atoms with E-state index in [4.69, 9.17) is 9.66 Å². The number of hydrogen-bond donors (Lipinski definition) is 2. The van der Waals surface area contributed by atoms with Gasteiger partial charge in [-0.3, -0.25) is 0 Å². The van der Waals surface area contributed by atoms with E-state index in [-0.39, 0.29) is 0 Å². The fourth-order valence-corrected chi connectivity index (χ4v) is 1.31. The van der Waals surface area contributed by atoms with Crippen LogP contribution in [0.5, 0.6) is 5.75 Å². The Hall–Kier alpha value is -1.08. The lowest BCUT2D eigenvalue weighted by Gasteiger charge is -2.07. The largest absolute Gasteiger partial charge is 0.507 e. The predicted octanol–water partition coefficient (Wildman–Crippen LogP) is 1.99. The van der Waals surface area contributed by atoms with E-state index in [0.29, 0.717) is 12.1 Å². The van der Waals surface area contributed by atoms with Crippen LogP contribution >= 0.6 is 0 Å². The molecule has 0 fully saturated rings. The minimum Gasteiger partial charge on any atom is -0.507 e. The first kappa shape index (κ1) is 11.0. The Morgan fingerprint density at radius 1 is 1.29 bits per heavy atom. The van der Waals surface area contributed by atoms with Crippen molar-refractivity contribution in [3.63, 3.8) is 0 Å². The zero-order valence-electron chi connectivity index (χ0n) is 6.58. The first-order valence-electron chi connectivity index (χ1n) is 3.33. The molecule has 1 rings (SSSR count). The van der Waals surface area contributed by atoms with Crippen molar-refractivity contribution in [2.45, 2.75) is 11.1 Å². The molecule has 7 heteroatoms. The number of aromatic hydroxyl groups is 1. The molecule has 0 aromatic heterocycles. The highest BCUT2D eigenvalue weighted by Crippen LogP contribution is 2.32. The van der Waals surface area contributed by atoms with Gasteiger partial charge >= 0.3 is 6.18 Å². The molecule has 0 aliphatic carbocycles. The van der Waals surface area contributed by atoms with Crippen molar-refractivity contribution in [2.24, 2.45) is 0 Å². The van der Waals surface area contributed by atoms with Gasteiger partial charge in [0.05, 0.1) is 5.56 Å². The Morgan fingerprint density at radius 2 is 1.86 bits per heavy atom. The molecule has 0 aliphatic rings. The van der Waals surface area contributed by atoms with Crippen molar-refractivity contribution in [3.8, 4) is 5.75 Å². The number of phenolic OH excluding ortho intramolecular Hbond substituents is 1. The standard InChI is InChI=1S/C7H5F3O3S/c8-7(9,10)4-1-2-5(11)6(3-4)14(12)13/h1-3,11H,(H,12,13). The van der Waals surface area contributed by atoms with Crippen molar-refractivity contribution in [1.29, 1.82) is 0 Å². The van der Waals surface area contributed by atoms with Crippen LogP contribution in [0.25, 0.3) is 0 Å². The molecular weight excluding hydrogens is 221 g/mol. The molecule has 0 aliphatic heterocycles.